The summed E-state index contributed by atoms with van der Waals surface area (Å²) in [4.78, 5) is 19.9. The van der Waals surface area contributed by atoms with E-state index >= 15 is 0 Å². The minimum Gasteiger partial charge on any atom is -0.305 e. The van der Waals surface area contributed by atoms with Gasteiger partial charge in [0.15, 0.2) is 5.82 Å². The largest absolute Gasteiger partial charge is 0.305 e. The fourth-order valence-electron chi connectivity index (χ4n) is 3.93. The average Bonchev–Trinajstić information content (AvgIpc) is 3.28. The minimum atomic E-state index is -0.281. The maximum atomic E-state index is 12.6. The Morgan fingerprint density at radius 3 is 2.59 bits per heavy atom. The molecule has 0 saturated heterocycles. The van der Waals surface area contributed by atoms with Gasteiger partial charge in [-0.2, -0.15) is 10.4 Å². The highest BCUT2D eigenvalue weighted by Crippen LogP contribution is 2.30. The highest BCUT2D eigenvalue weighted by atomic mass is 16.1. The van der Waals surface area contributed by atoms with E-state index in [1.165, 1.54) is 0 Å². The van der Waals surface area contributed by atoms with Gasteiger partial charge < -0.3 is 4.98 Å². The quantitative estimate of drug-likeness (QED) is 0.374. The number of aromatic nitrogens is 4. The monoisotopic (exact) mass is 443 g/mol. The lowest BCUT2D eigenvalue weighted by Crippen LogP contribution is -2.11. The minimum absolute atomic E-state index is 0.227. The maximum absolute atomic E-state index is 12.6. The third-order valence-electron chi connectivity index (χ3n) is 5.70. The summed E-state index contributed by atoms with van der Waals surface area (Å²) in [5.74, 6) is 0.227. The van der Waals surface area contributed by atoms with Crippen LogP contribution in [0, 0.1) is 25.2 Å². The van der Waals surface area contributed by atoms with Crippen LogP contribution in [0.25, 0.3) is 39.5 Å². The van der Waals surface area contributed by atoms with Gasteiger partial charge in [-0.25, -0.2) is 9.67 Å². The average molecular weight is 444 g/mol. The molecule has 3 aromatic carbocycles. The number of nitrogens with zero attached hydrogens (tertiary/aromatic N) is 4. The van der Waals surface area contributed by atoms with E-state index in [1.54, 1.807) is 29.0 Å². The molecule has 6 heteroatoms. The predicted molar refractivity (Wildman–Crippen MR) is 134 cm³/mol. The third-order valence-corrected chi connectivity index (χ3v) is 5.70. The molecule has 2 heterocycles. The number of benzene rings is 3. The molecule has 0 bridgehead atoms. The molecule has 0 aliphatic rings. The van der Waals surface area contributed by atoms with Crippen LogP contribution in [0.3, 0.4) is 0 Å². The first-order valence-corrected chi connectivity index (χ1v) is 10.9. The fraction of sp³-hybridized carbons (Fsp3) is 0.0714. The van der Waals surface area contributed by atoms with Gasteiger partial charge in [-0.05, 0) is 55.8 Å². The van der Waals surface area contributed by atoms with Crippen molar-refractivity contribution in [2.45, 2.75) is 13.8 Å². The van der Waals surface area contributed by atoms with E-state index in [1.807, 2.05) is 56.4 Å². The van der Waals surface area contributed by atoms with Gasteiger partial charge in [0, 0.05) is 17.3 Å². The van der Waals surface area contributed by atoms with Crippen molar-refractivity contribution in [2.24, 2.45) is 0 Å². The number of allylic oxidation sites excluding steroid dienone is 1. The number of aromatic amines is 1. The van der Waals surface area contributed by atoms with Gasteiger partial charge in [0.2, 0.25) is 0 Å². The molecule has 0 saturated carbocycles. The number of fused-ring (bicyclic) bond motifs is 1. The first kappa shape index (κ1) is 21.1. The van der Waals surface area contributed by atoms with E-state index in [2.05, 4.69) is 34.2 Å². The third kappa shape index (κ3) is 3.91. The van der Waals surface area contributed by atoms with Crippen molar-refractivity contribution in [3.05, 3.63) is 112 Å². The van der Waals surface area contributed by atoms with Crippen LogP contribution in [0.4, 0.5) is 0 Å². The zero-order valence-corrected chi connectivity index (χ0v) is 18.8. The van der Waals surface area contributed by atoms with Crippen molar-refractivity contribution >= 4 is 22.6 Å². The molecule has 0 amide bonds. The van der Waals surface area contributed by atoms with Crippen LogP contribution < -0.4 is 5.56 Å². The van der Waals surface area contributed by atoms with Crippen molar-refractivity contribution in [3.63, 3.8) is 0 Å². The molecule has 164 valence electrons. The summed E-state index contributed by atoms with van der Waals surface area (Å²) in [6.07, 6.45) is 3.62. The highest BCUT2D eigenvalue weighted by molar-refractivity contribution is 5.92. The van der Waals surface area contributed by atoms with Gasteiger partial charge in [0.1, 0.15) is 11.8 Å². The number of rotatable bonds is 4. The molecule has 0 aliphatic carbocycles. The lowest BCUT2D eigenvalue weighted by atomic mass is 9.99. The summed E-state index contributed by atoms with van der Waals surface area (Å²) < 4.78 is 1.80. The van der Waals surface area contributed by atoms with E-state index in [4.69, 9.17) is 5.10 Å². The molecule has 0 fully saturated rings. The second-order valence-electron chi connectivity index (χ2n) is 8.13. The Morgan fingerprint density at radius 2 is 1.79 bits per heavy atom. The molecule has 0 spiro atoms. The van der Waals surface area contributed by atoms with Crippen LogP contribution in [0.5, 0.6) is 0 Å². The smallest absolute Gasteiger partial charge is 0.259 e. The highest BCUT2D eigenvalue weighted by Gasteiger charge is 2.16. The summed E-state index contributed by atoms with van der Waals surface area (Å²) in [6.45, 7) is 4.08. The van der Waals surface area contributed by atoms with Gasteiger partial charge in [0.25, 0.3) is 5.56 Å². The van der Waals surface area contributed by atoms with Crippen LogP contribution in [0.1, 0.15) is 22.5 Å². The van der Waals surface area contributed by atoms with E-state index in [0.29, 0.717) is 10.9 Å². The predicted octanol–water partition coefficient (Wildman–Crippen LogP) is 5.46. The Balaban J connectivity index is 1.72. The Kier molecular flexibility index (Phi) is 5.36. The molecule has 1 N–H and O–H groups in total. The lowest BCUT2D eigenvalue weighted by Gasteiger charge is -2.06. The number of nitriles is 1. The number of hydrogen-bond acceptors (Lipinski definition) is 4. The van der Waals surface area contributed by atoms with Gasteiger partial charge in [-0.1, -0.05) is 48.0 Å². The number of H-pyrrole nitrogens is 1. The van der Waals surface area contributed by atoms with Crippen LogP contribution in [0.15, 0.2) is 83.8 Å². The van der Waals surface area contributed by atoms with Crippen molar-refractivity contribution in [3.8, 4) is 23.0 Å². The molecule has 5 rings (SSSR count). The van der Waals surface area contributed by atoms with Crippen LogP contribution >= 0.6 is 0 Å². The molecule has 0 aliphatic heterocycles. The first-order chi connectivity index (χ1) is 16.5. The van der Waals surface area contributed by atoms with Crippen molar-refractivity contribution in [1.82, 2.24) is 19.7 Å². The second kappa shape index (κ2) is 8.64. The van der Waals surface area contributed by atoms with E-state index in [9.17, 15) is 10.1 Å². The van der Waals surface area contributed by atoms with Gasteiger partial charge >= 0.3 is 0 Å². The van der Waals surface area contributed by atoms with E-state index in [-0.39, 0.29) is 17.0 Å². The number of para-hydroxylation sites is 2. The number of nitrogens with one attached hydrogen (secondary N) is 1. The SMILES string of the molecule is Cc1ccc(C)c(-c2nn(-c3ccccc3)cc2C=C(C#N)c2nc3ccccc3c(=O)[nH]2)c1. The van der Waals surface area contributed by atoms with Gasteiger partial charge in [0.05, 0.1) is 22.2 Å². The summed E-state index contributed by atoms with van der Waals surface area (Å²) in [7, 11) is 0. The van der Waals surface area contributed by atoms with Crippen LogP contribution in [-0.2, 0) is 0 Å². The summed E-state index contributed by atoms with van der Waals surface area (Å²) in [6, 6.07) is 25.3. The molecule has 5 aromatic rings. The Bertz CT molecular complexity index is 1650. The summed E-state index contributed by atoms with van der Waals surface area (Å²) in [5.41, 5.74) is 6.10. The molecule has 0 unspecified atom stereocenters. The topological polar surface area (TPSA) is 87.4 Å². The summed E-state index contributed by atoms with van der Waals surface area (Å²) in [5, 5.41) is 15.3. The van der Waals surface area contributed by atoms with Gasteiger partial charge in [-0.3, -0.25) is 4.79 Å². The summed E-state index contributed by atoms with van der Waals surface area (Å²) >= 11 is 0. The maximum Gasteiger partial charge on any atom is 0.259 e. The first-order valence-electron chi connectivity index (χ1n) is 10.9. The molecule has 34 heavy (non-hydrogen) atoms. The van der Waals surface area contributed by atoms with Crippen molar-refractivity contribution in [2.75, 3.05) is 0 Å². The van der Waals surface area contributed by atoms with E-state index in [0.717, 1.165) is 33.6 Å². The zero-order valence-electron chi connectivity index (χ0n) is 18.8. The molecule has 6 nitrogen and oxygen atoms in total. The standard InChI is InChI=1S/C28H21N5O/c1-18-12-13-19(2)24(14-18)26-21(17-33(32-26)22-8-4-3-5-9-22)15-20(16-29)27-30-25-11-7-6-10-23(25)28(34)31-27/h3-15,17H,1-2H3,(H,30,31,34). The lowest BCUT2D eigenvalue weighted by molar-refractivity contribution is 0.884. The van der Waals surface area contributed by atoms with Crippen LogP contribution in [0.2, 0.25) is 0 Å². The van der Waals surface area contributed by atoms with Crippen LogP contribution in [-0.4, -0.2) is 19.7 Å². The number of hydrogen-bond donors (Lipinski definition) is 1. The Morgan fingerprint density at radius 1 is 1.03 bits per heavy atom. The molecular formula is C28H21N5O. The molecule has 2 aromatic heterocycles. The fourth-order valence-corrected chi connectivity index (χ4v) is 3.93. The second-order valence-corrected chi connectivity index (χ2v) is 8.13. The van der Waals surface area contributed by atoms with Gasteiger partial charge in [-0.15, -0.1) is 0 Å². The molecule has 0 radical (unpaired) electrons. The molecular weight excluding hydrogens is 422 g/mol. The van der Waals surface area contributed by atoms with E-state index < -0.39 is 0 Å². The number of aryl methyl sites for hydroxylation is 2. The molecule has 0 atom stereocenters. The van der Waals surface area contributed by atoms with Crippen molar-refractivity contribution < 1.29 is 0 Å². The Labute approximate surface area is 196 Å². The van der Waals surface area contributed by atoms with Crippen molar-refractivity contribution in [1.29, 1.82) is 5.26 Å². The Hall–Kier alpha value is -4.76. The normalized spacial score (nSPS) is 11.5. The zero-order chi connectivity index (χ0) is 23.7.